The molecule has 1 aromatic heterocycles. The van der Waals surface area contributed by atoms with Gasteiger partial charge in [0, 0.05) is 12.3 Å². The van der Waals surface area contributed by atoms with Gasteiger partial charge in [-0.3, -0.25) is 4.79 Å². The summed E-state index contributed by atoms with van der Waals surface area (Å²) in [4.78, 5) is 31.6. The fourth-order valence-corrected chi connectivity index (χ4v) is 0.823. The van der Waals surface area contributed by atoms with Gasteiger partial charge in [0.1, 0.15) is 18.3 Å². The second kappa shape index (κ2) is 8.26. The first-order chi connectivity index (χ1) is 8.84. The van der Waals surface area contributed by atoms with E-state index in [1.165, 1.54) is 0 Å². The normalized spacial score (nSPS) is 14.8. The molecule has 10 heteroatoms. The van der Waals surface area contributed by atoms with Gasteiger partial charge in [0.25, 0.3) is 5.56 Å². The highest BCUT2D eigenvalue weighted by Crippen LogP contribution is 1.96. The average molecular weight is 280 g/mol. The van der Waals surface area contributed by atoms with E-state index in [1.807, 2.05) is 4.98 Å². The lowest BCUT2D eigenvalue weighted by atomic mass is 10.1. The molecule has 0 aliphatic carbocycles. The van der Waals surface area contributed by atoms with Crippen molar-refractivity contribution in [1.82, 2.24) is 9.77 Å². The van der Waals surface area contributed by atoms with Crippen LogP contribution in [0.3, 0.4) is 0 Å². The van der Waals surface area contributed by atoms with Crippen molar-refractivity contribution in [3.05, 3.63) is 33.1 Å². The van der Waals surface area contributed by atoms with Crippen molar-refractivity contribution < 1.29 is 29.7 Å². The van der Waals surface area contributed by atoms with Crippen LogP contribution < -0.4 is 11.2 Å². The third-order valence-electron chi connectivity index (χ3n) is 1.88. The van der Waals surface area contributed by atoms with Crippen LogP contribution >= 0.6 is 0 Å². The lowest BCUT2D eigenvalue weighted by Crippen LogP contribution is -2.40. The standard InChI is InChI=1S/C5H10O5.C4H3FN2O2/c6-1-3(8)5(10)4(9)2-7;5-7-3(8)1-2-6-4(7)9/h1,3-5,7-10H,2H2;1-2H,(H,6,9). The molecule has 1 rings (SSSR count). The maximum Gasteiger partial charge on any atom is 0.357 e. The van der Waals surface area contributed by atoms with E-state index in [-0.39, 0.29) is 6.29 Å². The zero-order valence-corrected chi connectivity index (χ0v) is 9.51. The molecule has 108 valence electrons. The van der Waals surface area contributed by atoms with Crippen LogP contribution in [0.4, 0.5) is 4.48 Å². The van der Waals surface area contributed by atoms with Gasteiger partial charge in [-0.15, -0.1) is 0 Å². The van der Waals surface area contributed by atoms with Crippen LogP contribution in [0.25, 0.3) is 0 Å². The van der Waals surface area contributed by atoms with Crippen LogP contribution in [-0.2, 0) is 4.79 Å². The number of H-pyrrole nitrogens is 1. The van der Waals surface area contributed by atoms with Gasteiger partial charge in [-0.1, -0.05) is 9.27 Å². The summed E-state index contributed by atoms with van der Waals surface area (Å²) < 4.78 is 12.0. The minimum atomic E-state index is -1.64. The zero-order valence-electron chi connectivity index (χ0n) is 9.51. The second-order valence-electron chi connectivity index (χ2n) is 3.27. The van der Waals surface area contributed by atoms with Gasteiger partial charge in [-0.2, -0.15) is 0 Å². The number of halogens is 1. The smallest absolute Gasteiger partial charge is 0.357 e. The Balaban J connectivity index is 0.000000342. The van der Waals surface area contributed by atoms with Gasteiger partial charge in [0.05, 0.1) is 6.61 Å². The van der Waals surface area contributed by atoms with Crippen molar-refractivity contribution in [2.75, 3.05) is 6.61 Å². The Morgan fingerprint density at radius 2 is 1.95 bits per heavy atom. The van der Waals surface area contributed by atoms with Crippen molar-refractivity contribution in [1.29, 1.82) is 0 Å². The minimum absolute atomic E-state index is 0.0869. The zero-order chi connectivity index (χ0) is 15.0. The number of aromatic amines is 1. The van der Waals surface area contributed by atoms with Crippen molar-refractivity contribution in [3.8, 4) is 0 Å². The molecule has 1 aromatic rings. The molecular weight excluding hydrogens is 267 g/mol. The number of aliphatic hydroxyl groups excluding tert-OH is 4. The highest BCUT2D eigenvalue weighted by atomic mass is 19.2. The lowest BCUT2D eigenvalue weighted by Gasteiger charge is -2.16. The average Bonchev–Trinajstić information content (AvgIpc) is 2.42. The molecule has 0 saturated carbocycles. The summed E-state index contributed by atoms with van der Waals surface area (Å²) in [5.74, 6) is 0. The maximum absolute atomic E-state index is 12.0. The predicted octanol–water partition coefficient (Wildman–Crippen LogP) is -3.47. The largest absolute Gasteiger partial charge is 0.394 e. The summed E-state index contributed by atoms with van der Waals surface area (Å²) in [6.07, 6.45) is -3.55. The Morgan fingerprint density at radius 1 is 1.37 bits per heavy atom. The predicted molar refractivity (Wildman–Crippen MR) is 59.0 cm³/mol. The van der Waals surface area contributed by atoms with Crippen molar-refractivity contribution in [3.63, 3.8) is 0 Å². The maximum atomic E-state index is 12.0. The van der Waals surface area contributed by atoms with Crippen LogP contribution in [0.2, 0.25) is 0 Å². The Morgan fingerprint density at radius 3 is 2.32 bits per heavy atom. The summed E-state index contributed by atoms with van der Waals surface area (Å²) in [5, 5.41) is 34.1. The number of nitrogens with zero attached hydrogens (tertiary/aromatic N) is 1. The molecule has 5 N–H and O–H groups in total. The van der Waals surface area contributed by atoms with Gasteiger partial charge in [-0.05, 0) is 0 Å². The number of hydrogen-bond donors (Lipinski definition) is 5. The number of aldehydes is 1. The number of aromatic nitrogens is 2. The molecule has 0 bridgehead atoms. The minimum Gasteiger partial charge on any atom is -0.394 e. The number of rotatable bonds is 4. The van der Waals surface area contributed by atoms with Crippen LogP contribution in [0.1, 0.15) is 0 Å². The van der Waals surface area contributed by atoms with E-state index in [2.05, 4.69) is 0 Å². The summed E-state index contributed by atoms with van der Waals surface area (Å²) >= 11 is 0. The van der Waals surface area contributed by atoms with Gasteiger partial charge < -0.3 is 30.2 Å². The molecule has 0 amide bonds. The highest BCUT2D eigenvalue weighted by Gasteiger charge is 2.22. The van der Waals surface area contributed by atoms with E-state index in [9.17, 15) is 18.9 Å². The number of aliphatic hydroxyl groups is 4. The third kappa shape index (κ3) is 5.52. The summed E-state index contributed by atoms with van der Waals surface area (Å²) in [5.41, 5.74) is -2.01. The molecule has 0 fully saturated rings. The van der Waals surface area contributed by atoms with E-state index in [0.717, 1.165) is 12.3 Å². The van der Waals surface area contributed by atoms with Crippen molar-refractivity contribution >= 4 is 6.29 Å². The van der Waals surface area contributed by atoms with Crippen LogP contribution in [0.5, 0.6) is 0 Å². The number of hydrogen-bond acceptors (Lipinski definition) is 7. The van der Waals surface area contributed by atoms with Gasteiger partial charge >= 0.3 is 5.69 Å². The van der Waals surface area contributed by atoms with E-state index in [1.54, 1.807) is 0 Å². The molecule has 0 spiro atoms. The summed E-state index contributed by atoms with van der Waals surface area (Å²) in [7, 11) is 0. The van der Waals surface area contributed by atoms with Gasteiger partial charge in [-0.25, -0.2) is 4.79 Å². The summed E-state index contributed by atoms with van der Waals surface area (Å²) in [6, 6.07) is 0.918. The Hall–Kier alpha value is -1.88. The molecule has 9 nitrogen and oxygen atoms in total. The number of carbonyl (C=O) groups excluding carboxylic acids is 1. The molecule has 0 aliphatic rings. The molecule has 0 radical (unpaired) electrons. The molecule has 0 aliphatic heterocycles. The molecular formula is C9H13FN2O7. The topological polar surface area (TPSA) is 153 Å². The van der Waals surface area contributed by atoms with E-state index in [0.29, 0.717) is 0 Å². The molecule has 0 saturated heterocycles. The Labute approximate surface area is 105 Å². The number of nitrogens with one attached hydrogen (secondary N) is 1. The van der Waals surface area contributed by atoms with E-state index < -0.39 is 41.0 Å². The van der Waals surface area contributed by atoms with Crippen LogP contribution in [0.15, 0.2) is 21.9 Å². The Kier molecular flexibility index (Phi) is 7.44. The third-order valence-corrected chi connectivity index (χ3v) is 1.88. The Bertz CT molecular complexity index is 472. The first kappa shape index (κ1) is 17.1. The van der Waals surface area contributed by atoms with Crippen molar-refractivity contribution in [2.24, 2.45) is 0 Å². The number of carbonyl (C=O) groups is 1. The van der Waals surface area contributed by atoms with Gasteiger partial charge in [0.15, 0.2) is 6.29 Å². The van der Waals surface area contributed by atoms with E-state index >= 15 is 0 Å². The molecule has 3 atom stereocenters. The molecule has 3 unspecified atom stereocenters. The van der Waals surface area contributed by atoms with Gasteiger partial charge in [0.2, 0.25) is 0 Å². The van der Waals surface area contributed by atoms with Crippen molar-refractivity contribution in [2.45, 2.75) is 18.3 Å². The fourth-order valence-electron chi connectivity index (χ4n) is 0.823. The first-order valence-corrected chi connectivity index (χ1v) is 4.92. The quantitative estimate of drug-likeness (QED) is 0.359. The van der Waals surface area contributed by atoms with E-state index in [4.69, 9.17) is 20.4 Å². The fraction of sp³-hybridized carbons (Fsp3) is 0.444. The monoisotopic (exact) mass is 280 g/mol. The lowest BCUT2D eigenvalue weighted by molar-refractivity contribution is -0.127. The summed E-state index contributed by atoms with van der Waals surface area (Å²) in [6.45, 7) is -0.688. The molecule has 19 heavy (non-hydrogen) atoms. The van der Waals surface area contributed by atoms with Crippen LogP contribution in [0, 0.1) is 0 Å². The first-order valence-electron chi connectivity index (χ1n) is 4.92. The second-order valence-corrected chi connectivity index (χ2v) is 3.27. The molecule has 0 aromatic carbocycles. The SMILES string of the molecule is O=CC(O)C(O)C(O)CO.O=c1cc[nH]c(=O)n1F. The van der Waals surface area contributed by atoms with Crippen LogP contribution in [-0.4, -0.2) is 61.4 Å². The highest BCUT2D eigenvalue weighted by molar-refractivity contribution is 5.56. The molecule has 1 heterocycles.